The number of para-hydroxylation sites is 1. The van der Waals surface area contributed by atoms with Gasteiger partial charge in [-0.2, -0.15) is 5.10 Å². The fourth-order valence-corrected chi connectivity index (χ4v) is 11.0. The van der Waals surface area contributed by atoms with E-state index in [2.05, 4.69) is 45.1 Å². The van der Waals surface area contributed by atoms with Crippen LogP contribution >= 0.6 is 0 Å². The van der Waals surface area contributed by atoms with E-state index < -0.39 is 23.8 Å². The van der Waals surface area contributed by atoms with Crippen molar-refractivity contribution in [3.63, 3.8) is 0 Å². The summed E-state index contributed by atoms with van der Waals surface area (Å²) in [5.41, 5.74) is 13.8. The maximum Gasteiger partial charge on any atom is 0.262 e. The molecule has 5 aromatic rings. The number of fused-ring (bicyclic) bond motifs is 2. The fourth-order valence-electron chi connectivity index (χ4n) is 11.0. The standard InChI is InChI=1S/C48H54N12O5/c49-44-42-43(30-6-9-37(10-7-30)65-36-4-2-1-3-5-36)54-60(45(42)51-29-50-44)34-16-22-56(23-17-34)35-27-57(28-35)33-14-20-55(21-15-33)32-18-24-58(25-19-32)53-31-8-11-38-39(26-31)48(64)59(47(38)63)40-12-13-41(61)52-46(40)62/h1-11,26,29,32-35,40,53H,12-25,27-28H2,(H2,49,50,51)(H,52,61,62)/t40-/m1/s1. The number of likely N-dealkylation sites (tertiary alicyclic amines) is 3. The van der Waals surface area contributed by atoms with Crippen molar-refractivity contribution in [1.82, 2.24) is 49.7 Å². The number of hydrazine groups is 1. The van der Waals surface area contributed by atoms with Crippen molar-refractivity contribution in [1.29, 1.82) is 0 Å². The molecule has 65 heavy (non-hydrogen) atoms. The van der Waals surface area contributed by atoms with E-state index in [4.69, 9.17) is 15.6 Å². The van der Waals surface area contributed by atoms with Crippen LogP contribution in [-0.4, -0.2) is 145 Å². The van der Waals surface area contributed by atoms with Gasteiger partial charge in [-0.15, -0.1) is 0 Å². The third-order valence-electron chi connectivity index (χ3n) is 14.6. The smallest absolute Gasteiger partial charge is 0.262 e. The minimum absolute atomic E-state index is 0.0954. The number of hydrogen-bond donors (Lipinski definition) is 3. The van der Waals surface area contributed by atoms with Crippen LogP contribution in [0, 0.1) is 0 Å². The lowest BCUT2D eigenvalue weighted by Gasteiger charge is -2.52. The molecule has 5 saturated heterocycles. The Hall–Kier alpha value is -6.27. The molecule has 0 radical (unpaired) electrons. The third-order valence-corrected chi connectivity index (χ3v) is 14.6. The number of carbonyl (C=O) groups is 4. The van der Waals surface area contributed by atoms with E-state index in [-0.39, 0.29) is 35.9 Å². The highest BCUT2D eigenvalue weighted by Gasteiger charge is 2.45. The van der Waals surface area contributed by atoms with Gasteiger partial charge in [0.1, 0.15) is 35.4 Å². The van der Waals surface area contributed by atoms with Crippen molar-refractivity contribution < 1.29 is 23.9 Å². The van der Waals surface area contributed by atoms with Gasteiger partial charge in [0.15, 0.2) is 5.65 Å². The number of benzene rings is 3. The van der Waals surface area contributed by atoms with Gasteiger partial charge in [-0.25, -0.2) is 19.7 Å². The van der Waals surface area contributed by atoms with Gasteiger partial charge in [0.25, 0.3) is 11.8 Å². The summed E-state index contributed by atoms with van der Waals surface area (Å²) in [5.74, 6) is 0.00389. The second-order valence-electron chi connectivity index (χ2n) is 18.4. The molecule has 0 unspecified atom stereocenters. The highest BCUT2D eigenvalue weighted by molar-refractivity contribution is 6.23. The van der Waals surface area contributed by atoms with Gasteiger partial charge in [0.2, 0.25) is 11.8 Å². The molecule has 6 aliphatic rings. The molecule has 4 amide bonds. The summed E-state index contributed by atoms with van der Waals surface area (Å²) in [6.45, 7) is 8.34. The van der Waals surface area contributed by atoms with Crippen molar-refractivity contribution in [2.45, 2.75) is 81.6 Å². The largest absolute Gasteiger partial charge is 0.457 e. The average molecular weight is 879 g/mol. The molecule has 336 valence electrons. The van der Waals surface area contributed by atoms with Crippen LogP contribution < -0.4 is 21.2 Å². The van der Waals surface area contributed by atoms with Gasteiger partial charge in [0.05, 0.1) is 22.6 Å². The molecule has 17 nitrogen and oxygen atoms in total. The van der Waals surface area contributed by atoms with Crippen LogP contribution in [0.15, 0.2) is 79.1 Å². The van der Waals surface area contributed by atoms with Crippen LogP contribution in [0.2, 0.25) is 0 Å². The van der Waals surface area contributed by atoms with Gasteiger partial charge in [-0.05, 0) is 113 Å². The second kappa shape index (κ2) is 17.3. The minimum atomic E-state index is -0.972. The van der Waals surface area contributed by atoms with E-state index >= 15 is 0 Å². The first kappa shape index (κ1) is 41.4. The normalized spacial score (nSPS) is 22.6. The highest BCUT2D eigenvalue weighted by atomic mass is 16.5. The monoisotopic (exact) mass is 878 g/mol. The number of anilines is 2. The van der Waals surface area contributed by atoms with Crippen LogP contribution in [0.4, 0.5) is 11.5 Å². The van der Waals surface area contributed by atoms with Crippen LogP contribution in [0.25, 0.3) is 22.3 Å². The first-order chi connectivity index (χ1) is 31.7. The zero-order valence-electron chi connectivity index (χ0n) is 36.3. The number of piperidine rings is 4. The molecule has 0 bridgehead atoms. The molecule has 4 N–H and O–H groups in total. The Morgan fingerprint density at radius 1 is 0.662 bits per heavy atom. The number of amides is 4. The molecule has 2 aromatic heterocycles. The minimum Gasteiger partial charge on any atom is -0.457 e. The predicted molar refractivity (Wildman–Crippen MR) is 243 cm³/mol. The number of carbonyl (C=O) groups excluding carboxylic acids is 4. The number of nitrogens with zero attached hydrogens (tertiary/aromatic N) is 9. The molecule has 1 atom stereocenters. The summed E-state index contributed by atoms with van der Waals surface area (Å²) < 4.78 is 8.12. The van der Waals surface area contributed by atoms with Crippen LogP contribution in [0.1, 0.15) is 78.1 Å². The van der Waals surface area contributed by atoms with Gasteiger partial charge >= 0.3 is 0 Å². The van der Waals surface area contributed by atoms with Crippen molar-refractivity contribution >= 4 is 46.2 Å². The molecular weight excluding hydrogens is 825 g/mol. The number of nitrogens with two attached hydrogens (primary N) is 1. The fraction of sp³-hybridized carbons (Fsp3) is 0.438. The number of nitrogen functional groups attached to an aromatic ring is 1. The summed E-state index contributed by atoms with van der Waals surface area (Å²) in [6.07, 6.45) is 8.30. The number of aromatic nitrogens is 4. The third kappa shape index (κ3) is 8.00. The molecule has 6 aliphatic heterocycles. The van der Waals surface area contributed by atoms with Crippen molar-refractivity contribution in [3.8, 4) is 22.8 Å². The van der Waals surface area contributed by atoms with Gasteiger partial charge in [-0.1, -0.05) is 18.2 Å². The summed E-state index contributed by atoms with van der Waals surface area (Å²) in [7, 11) is 0. The van der Waals surface area contributed by atoms with E-state index in [9.17, 15) is 19.2 Å². The van der Waals surface area contributed by atoms with E-state index in [1.807, 2.05) is 60.7 Å². The van der Waals surface area contributed by atoms with Crippen molar-refractivity contribution in [2.75, 3.05) is 63.5 Å². The second-order valence-corrected chi connectivity index (χ2v) is 18.4. The zero-order chi connectivity index (χ0) is 44.2. The van der Waals surface area contributed by atoms with Crippen LogP contribution in [0.5, 0.6) is 11.5 Å². The van der Waals surface area contributed by atoms with Crippen LogP contribution in [0.3, 0.4) is 0 Å². The van der Waals surface area contributed by atoms with E-state index in [0.717, 1.165) is 122 Å². The first-order valence-corrected chi connectivity index (χ1v) is 23.2. The lowest BCUT2D eigenvalue weighted by Crippen LogP contribution is -2.64. The van der Waals surface area contributed by atoms with E-state index in [0.29, 0.717) is 23.9 Å². The highest BCUT2D eigenvalue weighted by Crippen LogP contribution is 2.37. The molecule has 11 rings (SSSR count). The Morgan fingerprint density at radius 3 is 2.03 bits per heavy atom. The SMILES string of the molecule is Nc1ncnc2c1c(-c1ccc(Oc3ccccc3)cc1)nn2C1CCN(C2CN(C3CCN(C4CCN(Nc5ccc6c(c5)C(=O)N([C@@H]5CCC(=O)NC5=O)C6=O)CC4)CC3)C2)CC1. The Labute approximate surface area is 376 Å². The molecule has 8 heterocycles. The van der Waals surface area contributed by atoms with Gasteiger partial charge < -0.3 is 20.8 Å². The van der Waals surface area contributed by atoms with Crippen molar-refractivity contribution in [2.24, 2.45) is 0 Å². The van der Waals surface area contributed by atoms with Crippen molar-refractivity contribution in [3.05, 3.63) is 90.3 Å². The molecule has 0 spiro atoms. The number of hydrogen-bond acceptors (Lipinski definition) is 14. The number of imide groups is 2. The Kier molecular flexibility index (Phi) is 11.0. The lowest BCUT2D eigenvalue weighted by atomic mass is 9.93. The Morgan fingerprint density at radius 2 is 1.31 bits per heavy atom. The summed E-state index contributed by atoms with van der Waals surface area (Å²) in [6, 6.07) is 23.9. The molecule has 17 heteroatoms. The Bertz CT molecular complexity index is 2610. The number of ether oxygens (including phenoxy) is 1. The quantitative estimate of drug-likeness (QED) is 0.166. The summed E-state index contributed by atoms with van der Waals surface area (Å²) in [4.78, 5) is 68.7. The average Bonchev–Trinajstić information content (AvgIpc) is 3.82. The van der Waals surface area contributed by atoms with E-state index in [1.54, 1.807) is 12.1 Å². The first-order valence-electron chi connectivity index (χ1n) is 23.2. The van der Waals surface area contributed by atoms with E-state index in [1.165, 1.54) is 19.2 Å². The topological polar surface area (TPSA) is 187 Å². The Balaban J connectivity index is 0.628. The number of nitrogens with one attached hydrogen (secondary N) is 2. The predicted octanol–water partition coefficient (Wildman–Crippen LogP) is 4.55. The van der Waals surface area contributed by atoms with Gasteiger partial charge in [-0.3, -0.25) is 39.2 Å². The maximum atomic E-state index is 13.3. The lowest BCUT2D eigenvalue weighted by molar-refractivity contribution is -0.136. The molecule has 3 aromatic carbocycles. The maximum absolute atomic E-state index is 13.3. The molecule has 5 fully saturated rings. The summed E-state index contributed by atoms with van der Waals surface area (Å²) in [5, 5.41) is 10.4. The summed E-state index contributed by atoms with van der Waals surface area (Å²) >= 11 is 0. The van der Waals surface area contributed by atoms with Crippen LogP contribution in [-0.2, 0) is 9.59 Å². The van der Waals surface area contributed by atoms with Gasteiger partial charge in [0, 0.05) is 75.1 Å². The molecule has 0 saturated carbocycles. The molecular formula is C48H54N12O5. The number of rotatable bonds is 10. The molecule has 0 aliphatic carbocycles. The zero-order valence-corrected chi connectivity index (χ0v) is 36.3.